The van der Waals surface area contributed by atoms with Gasteiger partial charge in [-0.1, -0.05) is 60.7 Å². The summed E-state index contributed by atoms with van der Waals surface area (Å²) in [5.41, 5.74) is 4.00. The molecule has 1 amide bonds. The Morgan fingerprint density at radius 1 is 0.806 bits per heavy atom. The first-order valence-electron chi connectivity index (χ1n) is 11.8. The number of methoxy groups -OCH3 is 1. The number of aromatic nitrogens is 1. The minimum Gasteiger partial charge on any atom is -0.497 e. The standard InChI is InChI=1S/C31H26N2O3/c1-35-26-12-7-9-22(18-26)27-15-14-24(29-21-32-17-16-28(27)29)20-33-31(34)19-23-8-5-6-13-30(23)36-25-10-3-2-4-11-25/h2-18,21H,19-20H2,1H3,(H,33,34). The van der Waals surface area contributed by atoms with E-state index in [4.69, 9.17) is 9.47 Å². The first-order chi connectivity index (χ1) is 17.7. The second-order valence-corrected chi connectivity index (χ2v) is 8.40. The van der Waals surface area contributed by atoms with Crippen LogP contribution in [0.15, 0.2) is 109 Å². The Kier molecular flexibility index (Phi) is 6.90. The SMILES string of the molecule is COc1cccc(-c2ccc(CNC(=O)Cc3ccccc3Oc3ccccc3)c3cnccc23)c1. The summed E-state index contributed by atoms with van der Waals surface area (Å²) >= 11 is 0. The van der Waals surface area contributed by atoms with E-state index in [2.05, 4.69) is 22.4 Å². The highest BCUT2D eigenvalue weighted by molar-refractivity contribution is 5.98. The molecule has 0 radical (unpaired) electrons. The van der Waals surface area contributed by atoms with Crippen LogP contribution in [0.25, 0.3) is 21.9 Å². The average Bonchev–Trinajstić information content (AvgIpc) is 2.93. The highest BCUT2D eigenvalue weighted by Crippen LogP contribution is 2.32. The molecule has 5 aromatic rings. The Morgan fingerprint density at radius 3 is 2.47 bits per heavy atom. The van der Waals surface area contributed by atoms with Crippen molar-refractivity contribution < 1.29 is 14.3 Å². The van der Waals surface area contributed by atoms with Gasteiger partial charge in [-0.05, 0) is 58.5 Å². The van der Waals surface area contributed by atoms with Crippen molar-refractivity contribution in [3.05, 3.63) is 121 Å². The van der Waals surface area contributed by atoms with E-state index in [9.17, 15) is 4.79 Å². The number of nitrogens with zero attached hydrogens (tertiary/aromatic N) is 1. The van der Waals surface area contributed by atoms with E-state index >= 15 is 0 Å². The molecule has 0 aliphatic heterocycles. The summed E-state index contributed by atoms with van der Waals surface area (Å²) in [4.78, 5) is 17.2. The van der Waals surface area contributed by atoms with Crippen LogP contribution in [0.2, 0.25) is 0 Å². The molecular formula is C31H26N2O3. The average molecular weight is 475 g/mol. The van der Waals surface area contributed by atoms with Crippen LogP contribution in [0.3, 0.4) is 0 Å². The van der Waals surface area contributed by atoms with Gasteiger partial charge in [-0.3, -0.25) is 9.78 Å². The van der Waals surface area contributed by atoms with E-state index in [-0.39, 0.29) is 12.3 Å². The Labute approximate surface area is 210 Å². The largest absolute Gasteiger partial charge is 0.497 e. The van der Waals surface area contributed by atoms with Gasteiger partial charge in [0.15, 0.2) is 0 Å². The Balaban J connectivity index is 1.33. The van der Waals surface area contributed by atoms with Gasteiger partial charge in [0.25, 0.3) is 0 Å². The number of fused-ring (bicyclic) bond motifs is 1. The summed E-state index contributed by atoms with van der Waals surface area (Å²) in [5.74, 6) is 2.15. The van der Waals surface area contributed by atoms with E-state index in [0.717, 1.165) is 44.5 Å². The molecule has 5 nitrogen and oxygen atoms in total. The van der Waals surface area contributed by atoms with Crippen molar-refractivity contribution in [3.8, 4) is 28.4 Å². The van der Waals surface area contributed by atoms with Gasteiger partial charge in [0.1, 0.15) is 17.2 Å². The van der Waals surface area contributed by atoms with Crippen molar-refractivity contribution in [1.29, 1.82) is 0 Å². The number of hydrogen-bond acceptors (Lipinski definition) is 4. The number of carbonyl (C=O) groups excluding carboxylic acids is 1. The number of carbonyl (C=O) groups is 1. The van der Waals surface area contributed by atoms with Crippen molar-refractivity contribution in [2.75, 3.05) is 7.11 Å². The molecule has 178 valence electrons. The molecule has 0 spiro atoms. The normalized spacial score (nSPS) is 10.7. The summed E-state index contributed by atoms with van der Waals surface area (Å²) in [6.07, 6.45) is 3.86. The number of ether oxygens (including phenoxy) is 2. The number of rotatable bonds is 8. The van der Waals surface area contributed by atoms with Crippen molar-refractivity contribution in [1.82, 2.24) is 10.3 Å². The third-order valence-electron chi connectivity index (χ3n) is 6.06. The fourth-order valence-electron chi connectivity index (χ4n) is 4.24. The lowest BCUT2D eigenvalue weighted by Gasteiger charge is -2.14. The maximum atomic E-state index is 12.9. The molecule has 0 unspecified atom stereocenters. The van der Waals surface area contributed by atoms with Crippen LogP contribution >= 0.6 is 0 Å². The van der Waals surface area contributed by atoms with Crippen LogP contribution in [0.5, 0.6) is 17.2 Å². The van der Waals surface area contributed by atoms with Gasteiger partial charge in [-0.15, -0.1) is 0 Å². The smallest absolute Gasteiger partial charge is 0.224 e. The zero-order chi connectivity index (χ0) is 24.7. The molecule has 1 heterocycles. The van der Waals surface area contributed by atoms with E-state index < -0.39 is 0 Å². The molecule has 0 fully saturated rings. The first kappa shape index (κ1) is 23.1. The monoisotopic (exact) mass is 474 g/mol. The Bertz CT molecular complexity index is 1500. The molecule has 0 saturated carbocycles. The van der Waals surface area contributed by atoms with Gasteiger partial charge in [0.05, 0.1) is 13.5 Å². The van der Waals surface area contributed by atoms with Gasteiger partial charge < -0.3 is 14.8 Å². The van der Waals surface area contributed by atoms with Crippen molar-refractivity contribution in [3.63, 3.8) is 0 Å². The molecule has 0 atom stereocenters. The highest BCUT2D eigenvalue weighted by Gasteiger charge is 2.12. The molecule has 4 aromatic carbocycles. The number of nitrogens with one attached hydrogen (secondary N) is 1. The minimum absolute atomic E-state index is 0.0759. The first-order valence-corrected chi connectivity index (χ1v) is 11.8. The van der Waals surface area contributed by atoms with Gasteiger partial charge in [-0.25, -0.2) is 0 Å². The van der Waals surface area contributed by atoms with Crippen molar-refractivity contribution >= 4 is 16.7 Å². The molecule has 1 aromatic heterocycles. The van der Waals surface area contributed by atoms with Crippen molar-refractivity contribution in [2.24, 2.45) is 0 Å². The van der Waals surface area contributed by atoms with Gasteiger partial charge >= 0.3 is 0 Å². The molecule has 1 N–H and O–H groups in total. The van der Waals surface area contributed by atoms with E-state index in [1.807, 2.05) is 91.1 Å². The van der Waals surface area contributed by atoms with Crippen LogP contribution in [0, 0.1) is 0 Å². The second kappa shape index (κ2) is 10.7. The topological polar surface area (TPSA) is 60.5 Å². The predicted molar refractivity (Wildman–Crippen MR) is 142 cm³/mol. The number of benzene rings is 4. The Hall–Kier alpha value is -4.64. The second-order valence-electron chi connectivity index (χ2n) is 8.40. The summed E-state index contributed by atoms with van der Waals surface area (Å²) in [7, 11) is 1.67. The number of hydrogen-bond donors (Lipinski definition) is 1. The third-order valence-corrected chi connectivity index (χ3v) is 6.06. The fraction of sp³-hybridized carbons (Fsp3) is 0.0968. The number of amides is 1. The Morgan fingerprint density at radius 2 is 1.61 bits per heavy atom. The zero-order valence-corrected chi connectivity index (χ0v) is 20.0. The van der Waals surface area contributed by atoms with Crippen LogP contribution in [-0.2, 0) is 17.8 Å². The lowest BCUT2D eigenvalue weighted by Crippen LogP contribution is -2.24. The van der Waals surface area contributed by atoms with E-state index in [1.54, 1.807) is 13.3 Å². The molecule has 0 bridgehead atoms. The molecular weight excluding hydrogens is 448 g/mol. The predicted octanol–water partition coefficient (Wildman–Crippen LogP) is 6.56. The minimum atomic E-state index is -0.0759. The quantitative estimate of drug-likeness (QED) is 0.277. The molecule has 36 heavy (non-hydrogen) atoms. The molecule has 0 aliphatic carbocycles. The van der Waals surface area contributed by atoms with E-state index in [0.29, 0.717) is 12.3 Å². The zero-order valence-electron chi connectivity index (χ0n) is 20.0. The maximum absolute atomic E-state index is 12.9. The molecule has 5 heteroatoms. The summed E-state index contributed by atoms with van der Waals surface area (Å²) < 4.78 is 11.4. The summed E-state index contributed by atoms with van der Waals surface area (Å²) in [5, 5.41) is 5.15. The number of pyridine rings is 1. The number of para-hydroxylation sites is 2. The van der Waals surface area contributed by atoms with Gasteiger partial charge in [-0.2, -0.15) is 0 Å². The van der Waals surface area contributed by atoms with Crippen LogP contribution < -0.4 is 14.8 Å². The van der Waals surface area contributed by atoms with Crippen LogP contribution in [-0.4, -0.2) is 18.0 Å². The third kappa shape index (κ3) is 5.20. The van der Waals surface area contributed by atoms with E-state index in [1.165, 1.54) is 0 Å². The maximum Gasteiger partial charge on any atom is 0.224 e. The summed E-state index contributed by atoms with van der Waals surface area (Å²) in [6.45, 7) is 0.404. The van der Waals surface area contributed by atoms with Crippen LogP contribution in [0.4, 0.5) is 0 Å². The van der Waals surface area contributed by atoms with Crippen LogP contribution in [0.1, 0.15) is 11.1 Å². The van der Waals surface area contributed by atoms with Crippen molar-refractivity contribution in [2.45, 2.75) is 13.0 Å². The lowest BCUT2D eigenvalue weighted by molar-refractivity contribution is -0.120. The molecule has 0 saturated heterocycles. The fourth-order valence-corrected chi connectivity index (χ4v) is 4.24. The lowest BCUT2D eigenvalue weighted by atomic mass is 9.96. The highest BCUT2D eigenvalue weighted by atomic mass is 16.5. The van der Waals surface area contributed by atoms with Gasteiger partial charge in [0, 0.05) is 29.9 Å². The van der Waals surface area contributed by atoms with Gasteiger partial charge in [0.2, 0.25) is 5.91 Å². The molecule has 0 aliphatic rings. The molecule has 5 rings (SSSR count). The summed E-state index contributed by atoms with van der Waals surface area (Å²) in [6, 6.07) is 31.3.